The van der Waals surface area contributed by atoms with Crippen LogP contribution >= 0.6 is 0 Å². The molecule has 0 N–H and O–H groups in total. The van der Waals surface area contributed by atoms with Gasteiger partial charge in [0.1, 0.15) is 0 Å². The Hall–Kier alpha value is -2.18. The zero-order chi connectivity index (χ0) is 10.5. The molecule has 1 aromatic rings. The number of hydrogen-bond donors (Lipinski definition) is 0. The number of aromatic nitrogens is 1. The molecule has 1 aromatic heterocycles. The first-order valence-electron chi connectivity index (χ1n) is 4.61. The summed E-state index contributed by atoms with van der Waals surface area (Å²) in [5.41, 5.74) is 5.26. The van der Waals surface area contributed by atoms with Crippen molar-refractivity contribution in [2.45, 2.75) is 0 Å². The number of carbonyl (C=O) groups is 1. The molecule has 0 atom stereocenters. The highest BCUT2D eigenvalue weighted by atomic mass is 16.1. The second-order valence-electron chi connectivity index (χ2n) is 3.08. The van der Waals surface area contributed by atoms with Gasteiger partial charge in [-0.2, -0.15) is 0 Å². The van der Waals surface area contributed by atoms with Gasteiger partial charge >= 0.3 is 0 Å². The largest absolute Gasteiger partial charge is 0.298 e. The van der Waals surface area contributed by atoms with Crippen molar-refractivity contribution in [3.05, 3.63) is 65.7 Å². The summed E-state index contributed by atoms with van der Waals surface area (Å²) in [6.45, 7) is 0. The fourth-order valence-corrected chi connectivity index (χ4v) is 1.31. The van der Waals surface area contributed by atoms with E-state index in [0.29, 0.717) is 5.57 Å². The van der Waals surface area contributed by atoms with E-state index in [-0.39, 0.29) is 0 Å². The summed E-state index contributed by atoms with van der Waals surface area (Å²) in [6.07, 6.45) is 9.65. The summed E-state index contributed by atoms with van der Waals surface area (Å²) >= 11 is 0. The standard InChI is InChI=1S/C13H9NO/c15-10-11-5-1-2-6-12(9-11)13-7-3-4-8-14-13/h2-10H. The SMILES string of the molecule is O=CC1=CC(c2ccccn2)=CC=C=C1. The highest BCUT2D eigenvalue weighted by molar-refractivity contribution is 5.86. The monoisotopic (exact) mass is 195 g/mol. The Morgan fingerprint density at radius 3 is 3.00 bits per heavy atom. The Labute approximate surface area is 88.0 Å². The van der Waals surface area contributed by atoms with Crippen LogP contribution in [0.1, 0.15) is 5.69 Å². The zero-order valence-corrected chi connectivity index (χ0v) is 8.05. The maximum atomic E-state index is 10.7. The van der Waals surface area contributed by atoms with E-state index < -0.39 is 0 Å². The van der Waals surface area contributed by atoms with Crippen LogP contribution in [0.5, 0.6) is 0 Å². The van der Waals surface area contributed by atoms with Gasteiger partial charge in [0, 0.05) is 17.3 Å². The van der Waals surface area contributed by atoms with Crippen LogP contribution in [0, 0.1) is 0 Å². The smallest absolute Gasteiger partial charge is 0.150 e. The van der Waals surface area contributed by atoms with Gasteiger partial charge in [-0.05, 0) is 36.4 Å². The summed E-state index contributed by atoms with van der Waals surface area (Å²) in [4.78, 5) is 14.9. The first kappa shape index (κ1) is 9.38. The molecule has 0 aliphatic heterocycles. The molecule has 72 valence electrons. The molecule has 0 spiro atoms. The highest BCUT2D eigenvalue weighted by Gasteiger charge is 2.01. The van der Waals surface area contributed by atoms with Crippen molar-refractivity contribution in [3.8, 4) is 0 Å². The molecule has 0 amide bonds. The number of aldehydes is 1. The maximum Gasteiger partial charge on any atom is 0.150 e. The van der Waals surface area contributed by atoms with E-state index in [4.69, 9.17) is 0 Å². The van der Waals surface area contributed by atoms with Gasteiger partial charge in [0.25, 0.3) is 0 Å². The predicted molar refractivity (Wildman–Crippen MR) is 59.0 cm³/mol. The Balaban J connectivity index is 2.44. The number of allylic oxidation sites excluding steroid dienone is 5. The summed E-state index contributed by atoms with van der Waals surface area (Å²) in [5, 5.41) is 0. The van der Waals surface area contributed by atoms with Crippen molar-refractivity contribution in [2.75, 3.05) is 0 Å². The number of hydrogen-bond acceptors (Lipinski definition) is 2. The Kier molecular flexibility index (Phi) is 2.72. The van der Waals surface area contributed by atoms with E-state index in [0.717, 1.165) is 17.6 Å². The molecule has 0 unspecified atom stereocenters. The molecule has 2 rings (SSSR count). The van der Waals surface area contributed by atoms with Gasteiger partial charge in [0.2, 0.25) is 0 Å². The van der Waals surface area contributed by atoms with Crippen LogP contribution in [0.4, 0.5) is 0 Å². The zero-order valence-electron chi connectivity index (χ0n) is 8.05. The summed E-state index contributed by atoms with van der Waals surface area (Å²) in [6, 6.07) is 5.68. The molecule has 15 heavy (non-hydrogen) atoms. The second-order valence-corrected chi connectivity index (χ2v) is 3.08. The van der Waals surface area contributed by atoms with Crippen LogP contribution < -0.4 is 0 Å². The first-order chi connectivity index (χ1) is 7.40. The van der Waals surface area contributed by atoms with Gasteiger partial charge in [0.15, 0.2) is 6.29 Å². The lowest BCUT2D eigenvalue weighted by Crippen LogP contribution is -1.87. The third-order valence-corrected chi connectivity index (χ3v) is 2.03. The lowest BCUT2D eigenvalue weighted by molar-refractivity contribution is -0.104. The number of pyridine rings is 1. The van der Waals surface area contributed by atoms with Gasteiger partial charge in [-0.1, -0.05) is 6.07 Å². The van der Waals surface area contributed by atoms with Crippen molar-refractivity contribution in [2.24, 2.45) is 0 Å². The van der Waals surface area contributed by atoms with Gasteiger partial charge in [-0.15, -0.1) is 5.73 Å². The van der Waals surface area contributed by atoms with Gasteiger partial charge in [-0.3, -0.25) is 9.78 Å². The molecule has 1 aliphatic rings. The minimum atomic E-state index is 0.598. The Morgan fingerprint density at radius 1 is 1.33 bits per heavy atom. The van der Waals surface area contributed by atoms with Crippen molar-refractivity contribution in [3.63, 3.8) is 0 Å². The van der Waals surface area contributed by atoms with Crippen LogP contribution in [0.2, 0.25) is 0 Å². The molecular weight excluding hydrogens is 186 g/mol. The van der Waals surface area contributed by atoms with E-state index >= 15 is 0 Å². The average molecular weight is 195 g/mol. The van der Waals surface area contributed by atoms with Crippen molar-refractivity contribution in [1.29, 1.82) is 0 Å². The lowest BCUT2D eigenvalue weighted by atomic mass is 10.1. The minimum absolute atomic E-state index is 0.598. The highest BCUT2D eigenvalue weighted by Crippen LogP contribution is 2.16. The van der Waals surface area contributed by atoms with E-state index in [1.165, 1.54) is 0 Å². The third kappa shape index (κ3) is 2.19. The normalized spacial score (nSPS) is 14.1. The van der Waals surface area contributed by atoms with Crippen molar-refractivity contribution >= 4 is 11.9 Å². The van der Waals surface area contributed by atoms with E-state index in [9.17, 15) is 4.79 Å². The second kappa shape index (κ2) is 4.36. The summed E-state index contributed by atoms with van der Waals surface area (Å²) in [5.74, 6) is 0. The van der Waals surface area contributed by atoms with E-state index in [1.54, 1.807) is 24.4 Å². The predicted octanol–water partition coefficient (Wildman–Crippen LogP) is 2.32. The first-order valence-corrected chi connectivity index (χ1v) is 4.61. The molecule has 2 heteroatoms. The lowest BCUT2D eigenvalue weighted by Gasteiger charge is -1.99. The van der Waals surface area contributed by atoms with E-state index in [2.05, 4.69) is 10.7 Å². The fourth-order valence-electron chi connectivity index (χ4n) is 1.31. The molecule has 0 radical (unpaired) electrons. The molecule has 2 nitrogen and oxygen atoms in total. The maximum absolute atomic E-state index is 10.7. The molecule has 0 saturated heterocycles. The molecular formula is C13H9NO. The molecule has 0 saturated carbocycles. The van der Waals surface area contributed by atoms with E-state index in [1.807, 2.05) is 24.3 Å². The van der Waals surface area contributed by atoms with Gasteiger partial charge in [0.05, 0.1) is 5.69 Å². The van der Waals surface area contributed by atoms with Crippen molar-refractivity contribution < 1.29 is 4.79 Å². The number of nitrogens with zero attached hydrogens (tertiary/aromatic N) is 1. The quantitative estimate of drug-likeness (QED) is 0.535. The molecule has 0 aromatic carbocycles. The van der Waals surface area contributed by atoms with Crippen molar-refractivity contribution in [1.82, 2.24) is 4.98 Å². The van der Waals surface area contributed by atoms with Gasteiger partial charge < -0.3 is 0 Å². The summed E-state index contributed by atoms with van der Waals surface area (Å²) < 4.78 is 0. The fraction of sp³-hybridized carbons (Fsp3) is 0. The Morgan fingerprint density at radius 2 is 2.27 bits per heavy atom. The molecule has 0 fully saturated rings. The number of carbonyl (C=O) groups excluding carboxylic acids is 1. The molecule has 1 aliphatic carbocycles. The average Bonchev–Trinajstić information content (AvgIpc) is 2.55. The van der Waals surface area contributed by atoms with Crippen LogP contribution in [0.25, 0.3) is 5.57 Å². The van der Waals surface area contributed by atoms with Gasteiger partial charge in [-0.25, -0.2) is 0 Å². The topological polar surface area (TPSA) is 30.0 Å². The third-order valence-electron chi connectivity index (χ3n) is 2.03. The van der Waals surface area contributed by atoms with Crippen LogP contribution in [0.15, 0.2) is 60.0 Å². The molecule has 1 heterocycles. The van der Waals surface area contributed by atoms with Crippen LogP contribution in [0.3, 0.4) is 0 Å². The van der Waals surface area contributed by atoms with Crippen LogP contribution in [-0.2, 0) is 4.79 Å². The Bertz CT molecular complexity index is 489. The number of rotatable bonds is 2. The minimum Gasteiger partial charge on any atom is -0.298 e. The van der Waals surface area contributed by atoms with Crippen LogP contribution in [-0.4, -0.2) is 11.3 Å². The summed E-state index contributed by atoms with van der Waals surface area (Å²) in [7, 11) is 0. The molecule has 0 bridgehead atoms.